The highest BCUT2D eigenvalue weighted by atomic mass is 16.4. The second-order valence-corrected chi connectivity index (χ2v) is 7.72. The summed E-state index contributed by atoms with van der Waals surface area (Å²) in [6.45, 7) is 1.96. The summed E-state index contributed by atoms with van der Waals surface area (Å²) in [7, 11) is 0. The van der Waals surface area contributed by atoms with E-state index in [1.807, 2.05) is 19.1 Å². The Labute approximate surface area is 166 Å². The van der Waals surface area contributed by atoms with Gasteiger partial charge in [-0.25, -0.2) is 4.98 Å². The van der Waals surface area contributed by atoms with Gasteiger partial charge < -0.3 is 15.3 Å². The van der Waals surface area contributed by atoms with Gasteiger partial charge in [-0.3, -0.25) is 9.78 Å². The van der Waals surface area contributed by atoms with Gasteiger partial charge in [0.2, 0.25) is 0 Å². The molecule has 0 bridgehead atoms. The molecule has 1 fully saturated rings. The topological polar surface area (TPSA) is 120 Å². The monoisotopic (exact) mass is 391 g/mol. The van der Waals surface area contributed by atoms with Crippen molar-refractivity contribution in [3.05, 3.63) is 42.0 Å². The van der Waals surface area contributed by atoms with Crippen LogP contribution in [0.2, 0.25) is 0 Å². The van der Waals surface area contributed by atoms with E-state index in [0.717, 1.165) is 40.7 Å². The summed E-state index contributed by atoms with van der Waals surface area (Å²) in [6.07, 6.45) is 8.06. The number of nitrogens with two attached hydrogens (primary N) is 1. The van der Waals surface area contributed by atoms with E-state index in [2.05, 4.69) is 10.1 Å². The highest BCUT2D eigenvalue weighted by Gasteiger charge is 2.29. The zero-order valence-electron chi connectivity index (χ0n) is 16.0. The third-order valence-corrected chi connectivity index (χ3v) is 6.04. The number of furan rings is 1. The predicted octanol–water partition coefficient (Wildman–Crippen LogP) is 3.79. The molecule has 8 heteroatoms. The van der Waals surface area contributed by atoms with Crippen molar-refractivity contribution < 1.29 is 14.3 Å². The maximum absolute atomic E-state index is 11.3. The molecular formula is C21H21N5O3. The largest absolute Gasteiger partial charge is 0.481 e. The van der Waals surface area contributed by atoms with Gasteiger partial charge in [-0.1, -0.05) is 0 Å². The molecule has 0 radical (unpaired) electrons. The standard InChI is InChI=1S/C21H21N5O3/c1-11-18(12-2-4-13(5-3-12)21(27)28)25-20-15(10-24-26(20)19(11)22)14-8-17-16(23-9-14)6-7-29-17/h6-10,12-13H,2-5,22H2,1H3,(H,27,28). The summed E-state index contributed by atoms with van der Waals surface area (Å²) in [5, 5.41) is 13.7. The number of nitrogens with zero attached hydrogens (tertiary/aromatic N) is 4. The molecule has 0 spiro atoms. The molecular weight excluding hydrogens is 370 g/mol. The number of rotatable bonds is 3. The van der Waals surface area contributed by atoms with Crippen LogP contribution in [-0.2, 0) is 4.79 Å². The van der Waals surface area contributed by atoms with E-state index >= 15 is 0 Å². The maximum Gasteiger partial charge on any atom is 0.306 e. The zero-order chi connectivity index (χ0) is 20.1. The highest BCUT2D eigenvalue weighted by Crippen LogP contribution is 2.38. The van der Waals surface area contributed by atoms with Crippen LogP contribution in [0.15, 0.2) is 35.2 Å². The molecule has 0 atom stereocenters. The number of aromatic nitrogens is 4. The van der Waals surface area contributed by atoms with E-state index in [1.54, 1.807) is 23.2 Å². The molecule has 3 N–H and O–H groups in total. The molecule has 1 aliphatic rings. The molecule has 0 unspecified atom stereocenters. The summed E-state index contributed by atoms with van der Waals surface area (Å²) >= 11 is 0. The predicted molar refractivity (Wildman–Crippen MR) is 107 cm³/mol. The molecule has 4 heterocycles. The van der Waals surface area contributed by atoms with Crippen molar-refractivity contribution in [1.29, 1.82) is 0 Å². The van der Waals surface area contributed by atoms with Crippen LogP contribution in [0.1, 0.15) is 42.9 Å². The van der Waals surface area contributed by atoms with E-state index in [4.69, 9.17) is 15.1 Å². The Morgan fingerprint density at radius 3 is 2.83 bits per heavy atom. The lowest BCUT2D eigenvalue weighted by Gasteiger charge is -2.27. The van der Waals surface area contributed by atoms with E-state index < -0.39 is 5.97 Å². The molecule has 4 aromatic heterocycles. The molecule has 0 aliphatic heterocycles. The first-order chi connectivity index (χ1) is 14.0. The average molecular weight is 391 g/mol. The summed E-state index contributed by atoms with van der Waals surface area (Å²) in [6, 6.07) is 3.75. The molecule has 8 nitrogen and oxygen atoms in total. The van der Waals surface area contributed by atoms with Crippen LogP contribution in [0.4, 0.5) is 5.82 Å². The second kappa shape index (κ2) is 6.58. The number of pyridine rings is 1. The molecule has 0 saturated heterocycles. The number of anilines is 1. The minimum Gasteiger partial charge on any atom is -0.481 e. The molecule has 5 rings (SSSR count). The third-order valence-electron chi connectivity index (χ3n) is 6.04. The second-order valence-electron chi connectivity index (χ2n) is 7.72. The molecule has 0 amide bonds. The first-order valence-electron chi connectivity index (χ1n) is 9.73. The van der Waals surface area contributed by atoms with Gasteiger partial charge in [0.05, 0.1) is 24.1 Å². The van der Waals surface area contributed by atoms with Crippen molar-refractivity contribution in [2.75, 3.05) is 5.73 Å². The Hall–Kier alpha value is -3.42. The quantitative estimate of drug-likeness (QED) is 0.545. The highest BCUT2D eigenvalue weighted by molar-refractivity contribution is 5.84. The van der Waals surface area contributed by atoms with Crippen molar-refractivity contribution in [2.24, 2.45) is 5.92 Å². The van der Waals surface area contributed by atoms with E-state index in [9.17, 15) is 9.90 Å². The van der Waals surface area contributed by atoms with Gasteiger partial charge in [-0.05, 0) is 38.7 Å². The van der Waals surface area contributed by atoms with Gasteiger partial charge >= 0.3 is 5.97 Å². The van der Waals surface area contributed by atoms with Gasteiger partial charge in [-0.15, -0.1) is 0 Å². The summed E-state index contributed by atoms with van der Waals surface area (Å²) in [5.41, 5.74) is 12.1. The Morgan fingerprint density at radius 1 is 1.28 bits per heavy atom. The SMILES string of the molecule is Cc1c(C2CCC(C(=O)O)CC2)nc2c(-c3cnc4ccoc4c3)cnn2c1N. The molecule has 1 saturated carbocycles. The van der Waals surface area contributed by atoms with E-state index in [-0.39, 0.29) is 11.8 Å². The molecule has 29 heavy (non-hydrogen) atoms. The van der Waals surface area contributed by atoms with Gasteiger partial charge in [0.1, 0.15) is 11.3 Å². The van der Waals surface area contributed by atoms with Crippen LogP contribution in [0.25, 0.3) is 27.9 Å². The van der Waals surface area contributed by atoms with E-state index in [1.165, 1.54) is 0 Å². The first-order valence-corrected chi connectivity index (χ1v) is 9.73. The van der Waals surface area contributed by atoms with Gasteiger partial charge in [-0.2, -0.15) is 9.61 Å². The Morgan fingerprint density at radius 2 is 2.07 bits per heavy atom. The van der Waals surface area contributed by atoms with Crippen LogP contribution >= 0.6 is 0 Å². The number of fused-ring (bicyclic) bond motifs is 2. The number of carbonyl (C=O) groups is 1. The van der Waals surface area contributed by atoms with Crippen molar-refractivity contribution in [3.8, 4) is 11.1 Å². The lowest BCUT2D eigenvalue weighted by molar-refractivity contribution is -0.142. The van der Waals surface area contributed by atoms with Gasteiger partial charge in [0.25, 0.3) is 0 Å². The average Bonchev–Trinajstić information content (AvgIpc) is 3.37. The van der Waals surface area contributed by atoms with Crippen molar-refractivity contribution in [1.82, 2.24) is 19.6 Å². The minimum atomic E-state index is -0.706. The smallest absolute Gasteiger partial charge is 0.306 e. The first kappa shape index (κ1) is 17.7. The van der Waals surface area contributed by atoms with Crippen LogP contribution in [0, 0.1) is 12.8 Å². The van der Waals surface area contributed by atoms with Crippen molar-refractivity contribution in [2.45, 2.75) is 38.5 Å². The Balaban J connectivity index is 1.59. The van der Waals surface area contributed by atoms with Crippen molar-refractivity contribution in [3.63, 3.8) is 0 Å². The normalized spacial score (nSPS) is 19.8. The Kier molecular flexibility index (Phi) is 4.01. The molecule has 0 aromatic carbocycles. The fraction of sp³-hybridized carbons (Fsp3) is 0.333. The van der Waals surface area contributed by atoms with Crippen LogP contribution in [0.3, 0.4) is 0 Å². The van der Waals surface area contributed by atoms with Crippen LogP contribution in [-0.4, -0.2) is 30.7 Å². The number of hydrogen-bond acceptors (Lipinski definition) is 6. The fourth-order valence-corrected chi connectivity index (χ4v) is 4.32. The minimum absolute atomic E-state index is 0.200. The Bertz CT molecular complexity index is 1230. The fourth-order valence-electron chi connectivity index (χ4n) is 4.32. The molecule has 148 valence electrons. The van der Waals surface area contributed by atoms with Crippen molar-refractivity contribution >= 4 is 28.5 Å². The van der Waals surface area contributed by atoms with Gasteiger partial charge in [0, 0.05) is 34.9 Å². The summed E-state index contributed by atoms with van der Waals surface area (Å²) in [5.74, 6) is -0.207. The number of carboxylic acid groups (broad SMARTS) is 1. The lowest BCUT2D eigenvalue weighted by Crippen LogP contribution is -2.22. The molecule has 1 aliphatic carbocycles. The van der Waals surface area contributed by atoms with E-state index in [0.29, 0.717) is 29.9 Å². The molecule has 4 aromatic rings. The van der Waals surface area contributed by atoms with Crippen LogP contribution in [0.5, 0.6) is 0 Å². The number of carboxylic acids is 1. The number of aliphatic carboxylic acids is 1. The number of hydrogen-bond donors (Lipinski definition) is 2. The number of nitrogen functional groups attached to an aromatic ring is 1. The lowest BCUT2D eigenvalue weighted by atomic mass is 9.79. The van der Waals surface area contributed by atoms with Gasteiger partial charge in [0.15, 0.2) is 11.2 Å². The third kappa shape index (κ3) is 2.83. The summed E-state index contributed by atoms with van der Waals surface area (Å²) in [4.78, 5) is 20.7. The zero-order valence-corrected chi connectivity index (χ0v) is 16.0. The summed E-state index contributed by atoms with van der Waals surface area (Å²) < 4.78 is 7.13. The van der Waals surface area contributed by atoms with Crippen LogP contribution < -0.4 is 5.73 Å². The maximum atomic E-state index is 11.3.